The number of hydrogen-bond donors (Lipinski definition) is 1. The van der Waals surface area contributed by atoms with E-state index in [1.54, 1.807) is 20.8 Å². The summed E-state index contributed by atoms with van der Waals surface area (Å²) in [4.78, 5) is 16.2. The van der Waals surface area contributed by atoms with Crippen LogP contribution in [0.5, 0.6) is 0 Å². The van der Waals surface area contributed by atoms with Crippen molar-refractivity contribution < 1.29 is 27.1 Å². The first-order valence-electron chi connectivity index (χ1n) is 8.39. The minimum Gasteiger partial charge on any atom is -0.444 e. The molecule has 1 aromatic carbocycles. The topological polar surface area (TPSA) is 64.4 Å². The zero-order chi connectivity index (χ0) is 19.0. The lowest BCUT2D eigenvalue weighted by Gasteiger charge is -2.68. The molecule has 0 aliphatic heterocycles. The van der Waals surface area contributed by atoms with E-state index in [0.29, 0.717) is 30.7 Å². The van der Waals surface area contributed by atoms with Crippen molar-refractivity contribution in [1.29, 1.82) is 0 Å². The van der Waals surface area contributed by atoms with E-state index in [1.165, 1.54) is 6.07 Å². The Hall–Kier alpha value is -2.25. The summed E-state index contributed by atoms with van der Waals surface area (Å²) in [7, 11) is 0. The highest BCUT2D eigenvalue weighted by Gasteiger charge is 2.72. The standard InChI is InChI=1S/C18H19F3N2O3/c1-15(2,3)26-14(24)23-17-7-16(8-17,9-17)13-22-11-6-10(18(19,20)21)4-5-12(11)25-13/h4-6H,7-9H2,1-3H3,(H,23,24). The molecule has 0 saturated heterocycles. The van der Waals surface area contributed by atoms with E-state index in [4.69, 9.17) is 9.15 Å². The first kappa shape index (κ1) is 17.2. The number of halogens is 3. The monoisotopic (exact) mass is 368 g/mol. The van der Waals surface area contributed by atoms with E-state index in [9.17, 15) is 18.0 Å². The second-order valence-corrected chi connectivity index (χ2v) is 8.42. The molecule has 1 heterocycles. The van der Waals surface area contributed by atoms with Gasteiger partial charge in [0.1, 0.15) is 11.1 Å². The molecule has 1 N–H and O–H groups in total. The van der Waals surface area contributed by atoms with Crippen molar-refractivity contribution >= 4 is 17.2 Å². The number of carbonyl (C=O) groups excluding carboxylic acids is 1. The maximum Gasteiger partial charge on any atom is 0.416 e. The number of hydrogen-bond acceptors (Lipinski definition) is 4. The van der Waals surface area contributed by atoms with Crippen LogP contribution in [0, 0.1) is 0 Å². The summed E-state index contributed by atoms with van der Waals surface area (Å²) < 4.78 is 49.4. The van der Waals surface area contributed by atoms with E-state index in [-0.39, 0.29) is 16.5 Å². The quantitative estimate of drug-likeness (QED) is 0.845. The Morgan fingerprint density at radius 3 is 2.46 bits per heavy atom. The number of carbonyl (C=O) groups is 1. The van der Waals surface area contributed by atoms with Gasteiger partial charge in [-0.2, -0.15) is 13.2 Å². The third-order valence-corrected chi connectivity index (χ3v) is 4.97. The fraction of sp³-hybridized carbons (Fsp3) is 0.556. The van der Waals surface area contributed by atoms with E-state index in [0.717, 1.165) is 12.1 Å². The van der Waals surface area contributed by atoms with E-state index >= 15 is 0 Å². The maximum absolute atomic E-state index is 12.8. The van der Waals surface area contributed by atoms with Gasteiger partial charge in [0.15, 0.2) is 5.58 Å². The lowest BCUT2D eigenvalue weighted by molar-refractivity contribution is -0.137. The molecule has 5 nitrogen and oxygen atoms in total. The van der Waals surface area contributed by atoms with Gasteiger partial charge in [0.05, 0.1) is 11.0 Å². The molecule has 140 valence electrons. The third kappa shape index (κ3) is 2.71. The Labute approximate surface area is 147 Å². The number of fused-ring (bicyclic) bond motifs is 1. The molecule has 0 unspecified atom stereocenters. The molecule has 3 saturated carbocycles. The van der Waals surface area contributed by atoms with Crippen molar-refractivity contribution in [3.05, 3.63) is 29.7 Å². The number of ether oxygens (including phenoxy) is 1. The molecule has 3 fully saturated rings. The summed E-state index contributed by atoms with van der Waals surface area (Å²) in [6.07, 6.45) is -2.92. The average Bonchev–Trinajstić information content (AvgIpc) is 2.80. The molecule has 3 aliphatic rings. The van der Waals surface area contributed by atoms with Crippen LogP contribution in [-0.4, -0.2) is 22.2 Å². The molecule has 0 atom stereocenters. The largest absolute Gasteiger partial charge is 0.444 e. The Balaban J connectivity index is 1.47. The summed E-state index contributed by atoms with van der Waals surface area (Å²) in [6.45, 7) is 5.39. The number of amides is 1. The van der Waals surface area contributed by atoms with Crippen LogP contribution in [0.15, 0.2) is 22.6 Å². The van der Waals surface area contributed by atoms with Gasteiger partial charge < -0.3 is 14.5 Å². The van der Waals surface area contributed by atoms with Gasteiger partial charge in [-0.15, -0.1) is 0 Å². The fourth-order valence-electron chi connectivity index (χ4n) is 4.00. The van der Waals surface area contributed by atoms with Gasteiger partial charge >= 0.3 is 12.3 Å². The van der Waals surface area contributed by atoms with Crippen molar-refractivity contribution in [2.75, 3.05) is 0 Å². The lowest BCUT2D eigenvalue weighted by Crippen LogP contribution is -2.77. The Morgan fingerprint density at radius 2 is 1.88 bits per heavy atom. The molecular formula is C18H19F3N2O3. The number of oxazole rings is 1. The van der Waals surface area contributed by atoms with Crippen LogP contribution in [0.1, 0.15) is 51.5 Å². The summed E-state index contributed by atoms with van der Waals surface area (Å²) >= 11 is 0. The van der Waals surface area contributed by atoms with Gasteiger partial charge in [0.25, 0.3) is 0 Å². The highest BCUT2D eigenvalue weighted by atomic mass is 19.4. The normalized spacial score (nSPS) is 27.6. The fourth-order valence-corrected chi connectivity index (χ4v) is 4.00. The van der Waals surface area contributed by atoms with Crippen LogP contribution in [-0.2, 0) is 16.3 Å². The van der Waals surface area contributed by atoms with E-state index in [2.05, 4.69) is 10.3 Å². The zero-order valence-corrected chi connectivity index (χ0v) is 14.7. The Bertz CT molecular complexity index is 875. The van der Waals surface area contributed by atoms with Gasteiger partial charge in [-0.3, -0.25) is 0 Å². The SMILES string of the molecule is CC(C)(C)OC(=O)NC12CC(c3nc4cc(C(F)(F)F)ccc4o3)(C1)C2. The van der Waals surface area contributed by atoms with Crippen molar-refractivity contribution in [3.63, 3.8) is 0 Å². The third-order valence-electron chi connectivity index (χ3n) is 4.97. The number of alkyl halides is 3. The van der Waals surface area contributed by atoms with Gasteiger partial charge in [0, 0.05) is 5.54 Å². The smallest absolute Gasteiger partial charge is 0.416 e. The van der Waals surface area contributed by atoms with Crippen LogP contribution in [0.4, 0.5) is 18.0 Å². The van der Waals surface area contributed by atoms with Crippen molar-refractivity contribution in [2.45, 2.75) is 62.8 Å². The molecule has 0 radical (unpaired) electrons. The summed E-state index contributed by atoms with van der Waals surface area (Å²) in [5.74, 6) is 0.444. The molecular weight excluding hydrogens is 349 g/mol. The second-order valence-electron chi connectivity index (χ2n) is 8.42. The second kappa shape index (κ2) is 4.92. The first-order valence-corrected chi connectivity index (χ1v) is 8.39. The Kier molecular flexibility index (Phi) is 3.25. The number of nitrogens with one attached hydrogen (secondary N) is 1. The summed E-state index contributed by atoms with van der Waals surface area (Å²) in [5.41, 5.74) is -1.39. The molecule has 5 rings (SSSR count). The molecule has 26 heavy (non-hydrogen) atoms. The average molecular weight is 368 g/mol. The number of aromatic nitrogens is 1. The summed E-state index contributed by atoms with van der Waals surface area (Å²) in [6, 6.07) is 3.29. The number of nitrogens with zero attached hydrogens (tertiary/aromatic N) is 1. The highest BCUT2D eigenvalue weighted by Crippen LogP contribution is 2.67. The van der Waals surface area contributed by atoms with Gasteiger partial charge in [-0.1, -0.05) is 0 Å². The van der Waals surface area contributed by atoms with Crippen LogP contribution in [0.25, 0.3) is 11.1 Å². The van der Waals surface area contributed by atoms with Crippen molar-refractivity contribution in [1.82, 2.24) is 10.3 Å². The predicted molar refractivity (Wildman–Crippen MR) is 86.6 cm³/mol. The van der Waals surface area contributed by atoms with Gasteiger partial charge in [0.2, 0.25) is 5.89 Å². The number of benzene rings is 1. The van der Waals surface area contributed by atoms with Crippen LogP contribution >= 0.6 is 0 Å². The lowest BCUT2D eigenvalue weighted by atomic mass is 9.39. The van der Waals surface area contributed by atoms with Crippen molar-refractivity contribution in [2.24, 2.45) is 0 Å². The minimum atomic E-state index is -4.41. The zero-order valence-electron chi connectivity index (χ0n) is 14.7. The first-order chi connectivity index (χ1) is 11.9. The maximum atomic E-state index is 12.8. The van der Waals surface area contributed by atoms with Gasteiger partial charge in [-0.25, -0.2) is 9.78 Å². The van der Waals surface area contributed by atoms with Gasteiger partial charge in [-0.05, 0) is 58.2 Å². The van der Waals surface area contributed by atoms with E-state index < -0.39 is 23.4 Å². The molecule has 8 heteroatoms. The molecule has 1 aromatic heterocycles. The molecule has 1 amide bonds. The highest BCUT2D eigenvalue weighted by molar-refractivity contribution is 5.74. The summed E-state index contributed by atoms with van der Waals surface area (Å²) in [5, 5.41) is 2.89. The van der Waals surface area contributed by atoms with Crippen LogP contribution < -0.4 is 5.32 Å². The molecule has 2 aromatic rings. The molecule has 0 spiro atoms. The molecule has 2 bridgehead atoms. The van der Waals surface area contributed by atoms with E-state index in [1.807, 2.05) is 0 Å². The number of alkyl carbamates (subject to hydrolysis) is 1. The molecule has 3 aliphatic carbocycles. The van der Waals surface area contributed by atoms with Crippen LogP contribution in [0.3, 0.4) is 0 Å². The minimum absolute atomic E-state index is 0.203. The Morgan fingerprint density at radius 1 is 1.23 bits per heavy atom. The van der Waals surface area contributed by atoms with Crippen LogP contribution in [0.2, 0.25) is 0 Å². The number of rotatable bonds is 2. The van der Waals surface area contributed by atoms with Crippen molar-refractivity contribution in [3.8, 4) is 0 Å². The predicted octanol–water partition coefficient (Wildman–Crippen LogP) is 4.55.